The van der Waals surface area contributed by atoms with Crippen molar-refractivity contribution in [3.63, 3.8) is 0 Å². The third-order valence-corrected chi connectivity index (χ3v) is 3.55. The summed E-state index contributed by atoms with van der Waals surface area (Å²) in [6.45, 7) is 1.90. The number of hydrogen-bond acceptors (Lipinski definition) is 3. The minimum absolute atomic E-state index is 0.0393. The van der Waals surface area contributed by atoms with E-state index in [0.29, 0.717) is 0 Å². The predicted octanol–water partition coefficient (Wildman–Crippen LogP) is 1.75. The highest BCUT2D eigenvalue weighted by Gasteiger charge is 2.13. The van der Waals surface area contributed by atoms with Crippen LogP contribution < -0.4 is 11.2 Å². The number of nitrogens with zero attached hydrogens (tertiary/aromatic N) is 1. The third kappa shape index (κ3) is 2.18. The molecular weight excluding hydrogens is 267 g/mol. The van der Waals surface area contributed by atoms with E-state index in [0.717, 1.165) is 15.7 Å². The summed E-state index contributed by atoms with van der Waals surface area (Å²) in [7, 11) is 0. The molecule has 2 rings (SSSR count). The Labute approximate surface area is 104 Å². The highest BCUT2D eigenvalue weighted by atomic mass is 35.5. The Morgan fingerprint density at radius 2 is 2.18 bits per heavy atom. The second kappa shape index (κ2) is 4.46. The Bertz CT molecular complexity index is 674. The number of H-pyrrole nitrogens is 1. The SMILES string of the molecule is Cc1cscc1Cn1c(=O)[nH]c(Cl)c(F)c1=O. The minimum atomic E-state index is -1.14. The highest BCUT2D eigenvalue weighted by Crippen LogP contribution is 2.14. The van der Waals surface area contributed by atoms with Gasteiger partial charge in [0.25, 0.3) is 5.56 Å². The zero-order valence-corrected chi connectivity index (χ0v) is 10.4. The van der Waals surface area contributed by atoms with Crippen molar-refractivity contribution in [2.24, 2.45) is 0 Å². The van der Waals surface area contributed by atoms with E-state index in [4.69, 9.17) is 11.6 Å². The van der Waals surface area contributed by atoms with Crippen molar-refractivity contribution in [2.75, 3.05) is 0 Å². The van der Waals surface area contributed by atoms with Crippen molar-refractivity contribution in [3.8, 4) is 0 Å². The van der Waals surface area contributed by atoms with Crippen LogP contribution in [0.5, 0.6) is 0 Å². The van der Waals surface area contributed by atoms with E-state index in [9.17, 15) is 14.0 Å². The van der Waals surface area contributed by atoms with E-state index < -0.39 is 22.2 Å². The van der Waals surface area contributed by atoms with Crippen LogP contribution in [-0.4, -0.2) is 9.55 Å². The van der Waals surface area contributed by atoms with Crippen LogP contribution in [-0.2, 0) is 6.54 Å². The minimum Gasteiger partial charge on any atom is -0.295 e. The van der Waals surface area contributed by atoms with Crippen LogP contribution in [0.15, 0.2) is 20.3 Å². The van der Waals surface area contributed by atoms with E-state index in [1.54, 1.807) is 0 Å². The van der Waals surface area contributed by atoms with Crippen molar-refractivity contribution in [1.82, 2.24) is 9.55 Å². The number of aryl methyl sites for hydroxylation is 1. The largest absolute Gasteiger partial charge is 0.329 e. The third-order valence-electron chi connectivity index (χ3n) is 2.38. The fourth-order valence-corrected chi connectivity index (χ4v) is 2.39. The van der Waals surface area contributed by atoms with Crippen LogP contribution in [0.4, 0.5) is 4.39 Å². The normalized spacial score (nSPS) is 10.8. The van der Waals surface area contributed by atoms with Gasteiger partial charge in [0.1, 0.15) is 0 Å². The smallest absolute Gasteiger partial charge is 0.295 e. The highest BCUT2D eigenvalue weighted by molar-refractivity contribution is 7.08. The van der Waals surface area contributed by atoms with Gasteiger partial charge in [-0.05, 0) is 28.8 Å². The summed E-state index contributed by atoms with van der Waals surface area (Å²) in [5.41, 5.74) is 0.0392. The van der Waals surface area contributed by atoms with Crippen LogP contribution in [0.25, 0.3) is 0 Å². The van der Waals surface area contributed by atoms with Crippen molar-refractivity contribution in [1.29, 1.82) is 0 Å². The Kier molecular flexibility index (Phi) is 3.17. The first-order chi connectivity index (χ1) is 8.00. The van der Waals surface area contributed by atoms with E-state index in [-0.39, 0.29) is 6.54 Å². The summed E-state index contributed by atoms with van der Waals surface area (Å²) < 4.78 is 14.1. The molecule has 0 bridgehead atoms. The van der Waals surface area contributed by atoms with Gasteiger partial charge in [-0.2, -0.15) is 15.7 Å². The van der Waals surface area contributed by atoms with Crippen LogP contribution in [0.1, 0.15) is 11.1 Å². The number of aromatic nitrogens is 2. The zero-order chi connectivity index (χ0) is 12.6. The molecule has 0 saturated heterocycles. The van der Waals surface area contributed by atoms with Gasteiger partial charge < -0.3 is 0 Å². The first-order valence-electron chi connectivity index (χ1n) is 4.70. The quantitative estimate of drug-likeness (QED) is 0.848. The van der Waals surface area contributed by atoms with Crippen molar-refractivity contribution >= 4 is 22.9 Å². The first-order valence-corrected chi connectivity index (χ1v) is 6.02. The fraction of sp³-hybridized carbons (Fsp3) is 0.200. The molecular formula is C10H8ClFN2O2S. The summed E-state index contributed by atoms with van der Waals surface area (Å²) in [5, 5.41) is 3.15. The second-order valence-corrected chi connectivity index (χ2v) is 4.65. The maximum atomic E-state index is 13.3. The molecule has 0 spiro atoms. The molecule has 0 fully saturated rings. The van der Waals surface area contributed by atoms with E-state index in [2.05, 4.69) is 4.98 Å². The zero-order valence-electron chi connectivity index (χ0n) is 8.79. The van der Waals surface area contributed by atoms with Crippen molar-refractivity contribution in [3.05, 3.63) is 53.7 Å². The van der Waals surface area contributed by atoms with E-state index in [1.807, 2.05) is 17.7 Å². The molecule has 1 N–H and O–H groups in total. The standard InChI is InChI=1S/C10H8ClFN2O2S/c1-5-3-17-4-6(5)2-14-9(15)7(12)8(11)13-10(14)16/h3-4H,2H2,1H3,(H,13,16). The van der Waals surface area contributed by atoms with Gasteiger partial charge in [0.2, 0.25) is 5.82 Å². The lowest BCUT2D eigenvalue weighted by Crippen LogP contribution is -2.37. The maximum absolute atomic E-state index is 13.3. The molecule has 90 valence electrons. The predicted molar refractivity (Wildman–Crippen MR) is 64.4 cm³/mol. The summed E-state index contributed by atoms with van der Waals surface area (Å²) in [4.78, 5) is 25.1. The second-order valence-electron chi connectivity index (χ2n) is 3.53. The lowest BCUT2D eigenvalue weighted by Gasteiger charge is -2.04. The summed E-state index contributed by atoms with van der Waals surface area (Å²) in [6.07, 6.45) is 0. The van der Waals surface area contributed by atoms with Gasteiger partial charge in [0.15, 0.2) is 5.15 Å². The van der Waals surface area contributed by atoms with Gasteiger partial charge in [-0.1, -0.05) is 11.6 Å². The molecule has 0 aliphatic rings. The van der Waals surface area contributed by atoms with Gasteiger partial charge in [-0.3, -0.25) is 14.3 Å². The Balaban J connectivity index is 2.55. The number of hydrogen-bond donors (Lipinski definition) is 1. The van der Waals surface area contributed by atoms with E-state index >= 15 is 0 Å². The molecule has 0 atom stereocenters. The topological polar surface area (TPSA) is 54.9 Å². The lowest BCUT2D eigenvalue weighted by molar-refractivity contribution is 0.558. The average molecular weight is 275 g/mol. The maximum Gasteiger partial charge on any atom is 0.329 e. The molecule has 0 amide bonds. The molecule has 0 aromatic carbocycles. The summed E-state index contributed by atoms with van der Waals surface area (Å²) >= 11 is 6.82. The van der Waals surface area contributed by atoms with E-state index in [1.165, 1.54) is 11.3 Å². The van der Waals surface area contributed by atoms with Crippen LogP contribution >= 0.6 is 22.9 Å². The van der Waals surface area contributed by atoms with Gasteiger partial charge in [0, 0.05) is 0 Å². The first kappa shape index (κ1) is 12.1. The summed E-state index contributed by atoms with van der Waals surface area (Å²) in [6, 6.07) is 0. The van der Waals surface area contributed by atoms with Crippen LogP contribution in [0, 0.1) is 12.7 Å². The monoisotopic (exact) mass is 274 g/mol. The number of aromatic amines is 1. The van der Waals surface area contributed by atoms with Gasteiger partial charge in [-0.25, -0.2) is 4.79 Å². The molecule has 0 unspecified atom stereocenters. The molecule has 0 aliphatic carbocycles. The molecule has 0 saturated carbocycles. The molecule has 17 heavy (non-hydrogen) atoms. The molecule has 2 heterocycles. The fourth-order valence-electron chi connectivity index (χ4n) is 1.38. The molecule has 0 aliphatic heterocycles. The number of thiophene rings is 1. The lowest BCUT2D eigenvalue weighted by atomic mass is 10.2. The van der Waals surface area contributed by atoms with Gasteiger partial charge in [-0.15, -0.1) is 0 Å². The summed E-state index contributed by atoms with van der Waals surface area (Å²) in [5.74, 6) is -1.14. The Morgan fingerprint density at radius 3 is 2.76 bits per heavy atom. The molecule has 2 aromatic heterocycles. The molecule has 4 nitrogen and oxygen atoms in total. The van der Waals surface area contributed by atoms with Gasteiger partial charge >= 0.3 is 5.69 Å². The average Bonchev–Trinajstić information content (AvgIpc) is 2.67. The van der Waals surface area contributed by atoms with Crippen molar-refractivity contribution < 1.29 is 4.39 Å². The Morgan fingerprint density at radius 1 is 1.47 bits per heavy atom. The molecule has 7 heteroatoms. The number of rotatable bonds is 2. The van der Waals surface area contributed by atoms with Crippen molar-refractivity contribution in [2.45, 2.75) is 13.5 Å². The molecule has 2 aromatic rings. The van der Waals surface area contributed by atoms with Crippen LogP contribution in [0.3, 0.4) is 0 Å². The number of halogens is 2. The molecule has 0 radical (unpaired) electrons. The van der Waals surface area contributed by atoms with Crippen LogP contribution in [0.2, 0.25) is 5.15 Å². The Hall–Kier alpha value is -1.40. The number of nitrogens with one attached hydrogen (secondary N) is 1. The van der Waals surface area contributed by atoms with Gasteiger partial charge in [0.05, 0.1) is 6.54 Å².